The van der Waals surface area contributed by atoms with E-state index >= 15 is 0 Å². The molecule has 0 bridgehead atoms. The summed E-state index contributed by atoms with van der Waals surface area (Å²) in [4.78, 5) is 0. The van der Waals surface area contributed by atoms with Crippen LogP contribution in [0.2, 0.25) is 0 Å². The molecule has 0 radical (unpaired) electrons. The molecule has 0 heterocycles. The normalized spacial score (nSPS) is 13.7. The Balaban J connectivity index is 3.99. The van der Waals surface area contributed by atoms with Crippen molar-refractivity contribution in [2.24, 2.45) is 0 Å². The highest BCUT2D eigenvalue weighted by Gasteiger charge is 1.74. The van der Waals surface area contributed by atoms with Crippen molar-refractivity contribution in [1.29, 1.82) is 0 Å². The summed E-state index contributed by atoms with van der Waals surface area (Å²) in [6.45, 7) is 7.65. The Kier molecular flexibility index (Phi) is 6.96. The van der Waals surface area contributed by atoms with Crippen LogP contribution in [0.3, 0.4) is 0 Å². The van der Waals surface area contributed by atoms with Gasteiger partial charge in [-0.2, -0.15) is 0 Å². The Labute approximate surface area is 75.3 Å². The van der Waals surface area contributed by atoms with Gasteiger partial charge in [0.1, 0.15) is 0 Å². The van der Waals surface area contributed by atoms with E-state index in [1.54, 1.807) is 6.08 Å². The lowest BCUT2D eigenvalue weighted by molar-refractivity contribution is 1.52. The molecule has 0 N–H and O–H groups in total. The van der Waals surface area contributed by atoms with Crippen molar-refractivity contribution in [1.82, 2.24) is 0 Å². The second-order valence-corrected chi connectivity index (χ2v) is 2.42. The van der Waals surface area contributed by atoms with Gasteiger partial charge >= 0.3 is 0 Å². The van der Waals surface area contributed by atoms with Gasteiger partial charge in [-0.15, -0.1) is 0 Å². The van der Waals surface area contributed by atoms with E-state index < -0.39 is 0 Å². The molecule has 0 aliphatic carbocycles. The molecule has 0 saturated carbocycles. The summed E-state index contributed by atoms with van der Waals surface area (Å²) < 4.78 is 0. The van der Waals surface area contributed by atoms with Crippen molar-refractivity contribution in [3.8, 4) is 0 Å². The summed E-state index contributed by atoms with van der Waals surface area (Å²) in [6, 6.07) is 0. The number of allylic oxidation sites excluding steroid dienone is 9. The fourth-order valence-electron chi connectivity index (χ4n) is 0.658. The van der Waals surface area contributed by atoms with Crippen LogP contribution in [0.4, 0.5) is 0 Å². The van der Waals surface area contributed by atoms with Gasteiger partial charge in [-0.25, -0.2) is 0 Å². The van der Waals surface area contributed by atoms with E-state index in [2.05, 4.69) is 19.6 Å². The fourth-order valence-corrected chi connectivity index (χ4v) is 0.658. The lowest BCUT2D eigenvalue weighted by atomic mass is 10.2. The Morgan fingerprint density at radius 3 is 2.42 bits per heavy atom. The van der Waals surface area contributed by atoms with Crippen molar-refractivity contribution < 1.29 is 0 Å². The molecule has 0 rings (SSSR count). The molecule has 0 saturated heterocycles. The summed E-state index contributed by atoms with van der Waals surface area (Å²) >= 11 is 0. The van der Waals surface area contributed by atoms with Crippen LogP contribution in [0, 0.1) is 0 Å². The van der Waals surface area contributed by atoms with Crippen molar-refractivity contribution in [3.63, 3.8) is 0 Å². The average Bonchev–Trinajstić information content (AvgIpc) is 2.09. The molecule has 0 aromatic carbocycles. The zero-order valence-corrected chi connectivity index (χ0v) is 7.83. The standard InChI is InChI=1S/C12H16/c1-4-6-8-9-11-12(3)10-7-5-2/h4-11H,2H2,1,3H3/b6-4-,9-8+,10-7+,12-11+. The summed E-state index contributed by atoms with van der Waals surface area (Å²) in [5.41, 5.74) is 1.22. The van der Waals surface area contributed by atoms with Gasteiger partial charge < -0.3 is 0 Å². The predicted octanol–water partition coefficient (Wildman–Crippen LogP) is 3.81. The Bertz CT molecular complexity index is 224. The molecule has 0 aliphatic rings. The molecule has 0 heteroatoms. The molecule has 0 spiro atoms. The van der Waals surface area contributed by atoms with Crippen LogP contribution >= 0.6 is 0 Å². The zero-order chi connectivity index (χ0) is 9.23. The Hall–Kier alpha value is -1.30. The predicted molar refractivity (Wildman–Crippen MR) is 57.0 cm³/mol. The molecule has 0 nitrogen and oxygen atoms in total. The summed E-state index contributed by atoms with van der Waals surface area (Å²) in [7, 11) is 0. The topological polar surface area (TPSA) is 0 Å². The van der Waals surface area contributed by atoms with E-state index in [1.807, 2.05) is 43.4 Å². The first kappa shape index (κ1) is 10.7. The minimum atomic E-state index is 1.22. The lowest BCUT2D eigenvalue weighted by Gasteiger charge is -1.84. The average molecular weight is 160 g/mol. The third-order valence-electron chi connectivity index (χ3n) is 1.27. The molecule has 0 fully saturated rings. The third kappa shape index (κ3) is 6.81. The monoisotopic (exact) mass is 160 g/mol. The van der Waals surface area contributed by atoms with Crippen LogP contribution in [0.25, 0.3) is 0 Å². The second-order valence-electron chi connectivity index (χ2n) is 2.42. The second kappa shape index (κ2) is 7.80. The van der Waals surface area contributed by atoms with E-state index in [4.69, 9.17) is 0 Å². The van der Waals surface area contributed by atoms with Gasteiger partial charge in [0.25, 0.3) is 0 Å². The smallest absolute Gasteiger partial charge is 0.0398 e. The van der Waals surface area contributed by atoms with Gasteiger partial charge in [0, 0.05) is 0 Å². The Morgan fingerprint density at radius 1 is 1.08 bits per heavy atom. The number of hydrogen-bond acceptors (Lipinski definition) is 0. The van der Waals surface area contributed by atoms with Crippen molar-refractivity contribution in [2.45, 2.75) is 13.8 Å². The highest BCUT2D eigenvalue weighted by molar-refractivity contribution is 5.24. The summed E-state index contributed by atoms with van der Waals surface area (Å²) in [5, 5.41) is 0. The molecule has 0 aromatic rings. The first-order valence-electron chi connectivity index (χ1n) is 4.06. The van der Waals surface area contributed by atoms with Gasteiger partial charge in [-0.05, 0) is 13.8 Å². The molecule has 0 atom stereocenters. The van der Waals surface area contributed by atoms with Crippen LogP contribution in [0.1, 0.15) is 13.8 Å². The van der Waals surface area contributed by atoms with Crippen LogP contribution in [0.15, 0.2) is 60.8 Å². The van der Waals surface area contributed by atoms with Gasteiger partial charge in [0.05, 0.1) is 0 Å². The van der Waals surface area contributed by atoms with E-state index in [1.165, 1.54) is 5.57 Å². The van der Waals surface area contributed by atoms with Gasteiger partial charge in [-0.1, -0.05) is 60.8 Å². The Morgan fingerprint density at radius 2 is 1.83 bits per heavy atom. The molecule has 12 heavy (non-hydrogen) atoms. The van der Waals surface area contributed by atoms with Crippen LogP contribution in [0.5, 0.6) is 0 Å². The van der Waals surface area contributed by atoms with Crippen LogP contribution < -0.4 is 0 Å². The first-order chi connectivity index (χ1) is 5.81. The molecule has 64 valence electrons. The highest BCUT2D eigenvalue weighted by atomic mass is 13.8. The van der Waals surface area contributed by atoms with Gasteiger partial charge in [-0.3, -0.25) is 0 Å². The molecular weight excluding hydrogens is 144 g/mol. The maximum absolute atomic E-state index is 3.60. The zero-order valence-electron chi connectivity index (χ0n) is 7.83. The molecular formula is C12H16. The molecule has 0 aliphatic heterocycles. The summed E-state index contributed by atoms with van der Waals surface area (Å²) in [6.07, 6.45) is 15.8. The van der Waals surface area contributed by atoms with E-state index in [0.29, 0.717) is 0 Å². The highest BCUT2D eigenvalue weighted by Crippen LogP contribution is 1.95. The minimum absolute atomic E-state index is 1.22. The van der Waals surface area contributed by atoms with Gasteiger partial charge in [0.2, 0.25) is 0 Å². The fraction of sp³-hybridized carbons (Fsp3) is 0.167. The van der Waals surface area contributed by atoms with Crippen molar-refractivity contribution >= 4 is 0 Å². The quantitative estimate of drug-likeness (QED) is 0.549. The molecule has 0 unspecified atom stereocenters. The van der Waals surface area contributed by atoms with E-state index in [0.717, 1.165) is 0 Å². The lowest BCUT2D eigenvalue weighted by Crippen LogP contribution is -1.63. The number of hydrogen-bond donors (Lipinski definition) is 0. The van der Waals surface area contributed by atoms with Crippen molar-refractivity contribution in [3.05, 3.63) is 60.8 Å². The first-order valence-corrected chi connectivity index (χ1v) is 4.06. The van der Waals surface area contributed by atoms with E-state index in [-0.39, 0.29) is 0 Å². The summed E-state index contributed by atoms with van der Waals surface area (Å²) in [5.74, 6) is 0. The van der Waals surface area contributed by atoms with Crippen LogP contribution in [-0.4, -0.2) is 0 Å². The van der Waals surface area contributed by atoms with Crippen molar-refractivity contribution in [2.75, 3.05) is 0 Å². The van der Waals surface area contributed by atoms with Gasteiger partial charge in [0.15, 0.2) is 0 Å². The molecule has 0 amide bonds. The SMILES string of the molecule is C=C/C=C/C(C)=C/C=C/C=C\C. The molecule has 0 aromatic heterocycles. The minimum Gasteiger partial charge on any atom is -0.0991 e. The maximum Gasteiger partial charge on any atom is -0.0398 e. The maximum atomic E-state index is 3.60. The number of rotatable bonds is 4. The third-order valence-corrected chi connectivity index (χ3v) is 1.27. The van der Waals surface area contributed by atoms with E-state index in [9.17, 15) is 0 Å². The largest absolute Gasteiger partial charge is 0.0991 e. The van der Waals surface area contributed by atoms with Crippen LogP contribution in [-0.2, 0) is 0 Å².